The van der Waals surface area contributed by atoms with Crippen molar-refractivity contribution in [3.8, 4) is 23.0 Å². The Hall–Kier alpha value is -4.20. The topological polar surface area (TPSA) is 86.3 Å². The molecule has 0 saturated heterocycles. The molecule has 0 heterocycles. The van der Waals surface area contributed by atoms with Crippen LogP contribution in [0.15, 0.2) is 66.7 Å². The minimum atomic E-state index is -0.680. The highest BCUT2D eigenvalue weighted by molar-refractivity contribution is 5.88. The summed E-state index contributed by atoms with van der Waals surface area (Å²) in [5.41, 5.74) is 2.74. The van der Waals surface area contributed by atoms with Gasteiger partial charge in [-0.25, -0.2) is 0 Å². The Morgan fingerprint density at radius 3 is 1.84 bits per heavy atom. The van der Waals surface area contributed by atoms with Crippen molar-refractivity contribution >= 4 is 11.8 Å². The van der Waals surface area contributed by atoms with Gasteiger partial charge in [0.1, 0.15) is 17.5 Å². The first-order valence-corrected chi connectivity index (χ1v) is 12.4. The van der Waals surface area contributed by atoms with Crippen molar-refractivity contribution in [3.05, 3.63) is 83.4 Å². The van der Waals surface area contributed by atoms with Crippen LogP contribution >= 0.6 is 0 Å². The van der Waals surface area contributed by atoms with E-state index in [2.05, 4.69) is 5.32 Å². The van der Waals surface area contributed by atoms with Crippen LogP contribution in [0.25, 0.3) is 0 Å². The van der Waals surface area contributed by atoms with E-state index in [-0.39, 0.29) is 24.8 Å². The Bertz CT molecular complexity index is 1190. The monoisotopic (exact) mass is 520 g/mol. The molecule has 202 valence electrons. The molecule has 0 unspecified atom stereocenters. The number of hydrogen-bond acceptors (Lipinski definition) is 6. The van der Waals surface area contributed by atoms with Crippen molar-refractivity contribution in [1.82, 2.24) is 10.2 Å². The number of benzene rings is 3. The molecule has 0 aromatic heterocycles. The van der Waals surface area contributed by atoms with Crippen molar-refractivity contribution in [3.63, 3.8) is 0 Å². The lowest BCUT2D eigenvalue weighted by molar-refractivity contribution is -0.140. The number of ether oxygens (including phenoxy) is 4. The zero-order valence-electron chi connectivity index (χ0n) is 22.7. The summed E-state index contributed by atoms with van der Waals surface area (Å²) in [6.07, 6.45) is 0.778. The predicted octanol–water partition coefficient (Wildman–Crippen LogP) is 4.04. The van der Waals surface area contributed by atoms with Gasteiger partial charge in [-0.3, -0.25) is 9.59 Å². The molecule has 8 nitrogen and oxygen atoms in total. The van der Waals surface area contributed by atoms with E-state index in [9.17, 15) is 9.59 Å². The Kier molecular flexibility index (Phi) is 10.4. The maximum atomic E-state index is 13.5. The molecule has 3 aromatic carbocycles. The molecule has 8 heteroatoms. The third-order valence-electron chi connectivity index (χ3n) is 6.35. The highest BCUT2D eigenvalue weighted by Gasteiger charge is 2.26. The molecule has 3 rings (SSSR count). The van der Waals surface area contributed by atoms with E-state index in [1.54, 1.807) is 52.4 Å². The smallest absolute Gasteiger partial charge is 0.242 e. The van der Waals surface area contributed by atoms with Gasteiger partial charge in [0, 0.05) is 13.1 Å². The fourth-order valence-corrected chi connectivity index (χ4v) is 4.05. The summed E-state index contributed by atoms with van der Waals surface area (Å²) in [7, 11) is 6.35. The van der Waals surface area contributed by atoms with Crippen molar-refractivity contribution in [2.45, 2.75) is 32.4 Å². The zero-order valence-corrected chi connectivity index (χ0v) is 22.7. The van der Waals surface area contributed by atoms with Crippen LogP contribution in [0.3, 0.4) is 0 Å². The van der Waals surface area contributed by atoms with Gasteiger partial charge >= 0.3 is 0 Å². The number of hydrogen-bond donors (Lipinski definition) is 1. The van der Waals surface area contributed by atoms with Crippen molar-refractivity contribution in [2.75, 3.05) is 35.0 Å². The minimum Gasteiger partial charge on any atom is -0.497 e. The van der Waals surface area contributed by atoms with Gasteiger partial charge in [0.05, 0.1) is 34.9 Å². The van der Waals surface area contributed by atoms with Gasteiger partial charge in [0.25, 0.3) is 0 Å². The molecule has 0 bridgehead atoms. The van der Waals surface area contributed by atoms with E-state index in [0.29, 0.717) is 24.5 Å². The highest BCUT2D eigenvalue weighted by Crippen LogP contribution is 2.28. The van der Waals surface area contributed by atoms with Gasteiger partial charge in [-0.2, -0.15) is 0 Å². The first-order valence-electron chi connectivity index (χ1n) is 12.4. The molecule has 0 spiro atoms. The summed E-state index contributed by atoms with van der Waals surface area (Å²) in [5.74, 6) is 2.25. The van der Waals surface area contributed by atoms with E-state index in [0.717, 1.165) is 28.2 Å². The lowest BCUT2D eigenvalue weighted by Crippen LogP contribution is -2.48. The molecule has 0 aliphatic heterocycles. The average molecular weight is 521 g/mol. The normalized spacial score (nSPS) is 11.3. The third kappa shape index (κ3) is 7.65. The second kappa shape index (κ2) is 13.9. The van der Waals surface area contributed by atoms with Gasteiger partial charge < -0.3 is 29.2 Å². The van der Waals surface area contributed by atoms with Crippen molar-refractivity contribution < 1.29 is 28.5 Å². The number of carbonyl (C=O) groups excluding carboxylic acids is 2. The first kappa shape index (κ1) is 28.4. The van der Waals surface area contributed by atoms with Crippen LogP contribution in [-0.4, -0.2) is 57.7 Å². The highest BCUT2D eigenvalue weighted by atomic mass is 16.5. The fraction of sp³-hybridized carbons (Fsp3) is 0.333. The molecule has 0 fully saturated rings. The van der Waals surface area contributed by atoms with Crippen LogP contribution in [0.2, 0.25) is 0 Å². The summed E-state index contributed by atoms with van der Waals surface area (Å²) in [5, 5.41) is 2.98. The van der Waals surface area contributed by atoms with Gasteiger partial charge in [0.15, 0.2) is 11.5 Å². The van der Waals surface area contributed by atoms with Gasteiger partial charge in [-0.05, 0) is 66.4 Å². The van der Waals surface area contributed by atoms with Crippen LogP contribution in [0.4, 0.5) is 0 Å². The summed E-state index contributed by atoms with van der Waals surface area (Å²) < 4.78 is 21.1. The Labute approximate surface area is 224 Å². The van der Waals surface area contributed by atoms with E-state index in [4.69, 9.17) is 18.9 Å². The second-order valence-electron chi connectivity index (χ2n) is 8.80. The summed E-state index contributed by atoms with van der Waals surface area (Å²) in [4.78, 5) is 28.3. The maximum Gasteiger partial charge on any atom is 0.242 e. The maximum absolute atomic E-state index is 13.5. The second-order valence-corrected chi connectivity index (χ2v) is 8.80. The zero-order chi connectivity index (χ0) is 27.5. The lowest BCUT2D eigenvalue weighted by Gasteiger charge is -2.29. The largest absolute Gasteiger partial charge is 0.497 e. The van der Waals surface area contributed by atoms with Gasteiger partial charge in [-0.15, -0.1) is 0 Å². The van der Waals surface area contributed by atoms with Gasteiger partial charge in [0.2, 0.25) is 11.8 Å². The Balaban J connectivity index is 1.72. The number of nitrogens with one attached hydrogen (secondary N) is 1. The fourth-order valence-electron chi connectivity index (χ4n) is 4.05. The van der Waals surface area contributed by atoms with Crippen LogP contribution in [-0.2, 0) is 29.0 Å². The molecule has 1 N–H and O–H groups in total. The predicted molar refractivity (Wildman–Crippen MR) is 146 cm³/mol. The molecule has 3 aromatic rings. The SMILES string of the molecule is COc1ccc(CCNC(=O)[C@@H](C)N(Cc2ccc(OC)cc2)C(=O)Cc2ccc(OC)c(OC)c2)cc1. The van der Waals surface area contributed by atoms with Crippen LogP contribution in [0.1, 0.15) is 23.6 Å². The average Bonchev–Trinajstić information content (AvgIpc) is 2.95. The van der Waals surface area contributed by atoms with Crippen molar-refractivity contribution in [1.29, 1.82) is 0 Å². The third-order valence-corrected chi connectivity index (χ3v) is 6.35. The molecule has 38 heavy (non-hydrogen) atoms. The summed E-state index contributed by atoms with van der Waals surface area (Å²) in [6.45, 7) is 2.48. The number of methoxy groups -OCH3 is 4. The van der Waals surface area contributed by atoms with Crippen molar-refractivity contribution in [2.24, 2.45) is 0 Å². The Morgan fingerprint density at radius 1 is 0.737 bits per heavy atom. The lowest BCUT2D eigenvalue weighted by atomic mass is 10.1. The van der Waals surface area contributed by atoms with E-state index in [1.165, 1.54) is 0 Å². The van der Waals surface area contributed by atoms with E-state index in [1.807, 2.05) is 54.6 Å². The summed E-state index contributed by atoms with van der Waals surface area (Å²) in [6, 6.07) is 19.9. The number of rotatable bonds is 13. The van der Waals surface area contributed by atoms with Crippen LogP contribution in [0.5, 0.6) is 23.0 Å². The van der Waals surface area contributed by atoms with E-state index < -0.39 is 6.04 Å². The molecule has 0 aliphatic rings. The summed E-state index contributed by atoms with van der Waals surface area (Å²) >= 11 is 0. The number of nitrogens with zero attached hydrogens (tertiary/aromatic N) is 1. The number of carbonyl (C=O) groups is 2. The van der Waals surface area contributed by atoms with E-state index >= 15 is 0 Å². The standard InChI is InChI=1S/C30H36N2O6/c1-21(30(34)31-17-16-22-6-11-25(35-2)12-7-22)32(20-23-8-13-26(36-3)14-9-23)29(33)19-24-10-15-27(37-4)28(18-24)38-5/h6-15,18,21H,16-17,19-20H2,1-5H3,(H,31,34)/t21-/m1/s1. The molecule has 2 amide bonds. The van der Waals surface area contributed by atoms with Crippen LogP contribution < -0.4 is 24.3 Å². The molecule has 0 saturated carbocycles. The molecular weight excluding hydrogens is 484 g/mol. The molecule has 1 atom stereocenters. The molecule has 0 aliphatic carbocycles. The van der Waals surface area contributed by atoms with Crippen LogP contribution in [0, 0.1) is 0 Å². The first-order chi connectivity index (χ1) is 18.4. The van der Waals surface area contributed by atoms with Gasteiger partial charge in [-0.1, -0.05) is 30.3 Å². The molecular formula is C30H36N2O6. The minimum absolute atomic E-state index is 0.111. The quantitative estimate of drug-likeness (QED) is 0.366. The Morgan fingerprint density at radius 2 is 1.29 bits per heavy atom. The number of amides is 2. The molecule has 0 radical (unpaired) electrons.